The topological polar surface area (TPSA) is 21.3 Å². The average molecular weight is 254 g/mol. The summed E-state index contributed by atoms with van der Waals surface area (Å²) in [7, 11) is 0. The highest BCUT2D eigenvalue weighted by molar-refractivity contribution is 6.32. The maximum Gasteiger partial charge on any atom is 0.137 e. The van der Waals surface area contributed by atoms with Gasteiger partial charge in [-0.05, 0) is 37.9 Å². The maximum atomic E-state index is 6.00. The molecule has 17 heavy (non-hydrogen) atoms. The summed E-state index contributed by atoms with van der Waals surface area (Å²) in [6, 6.07) is 8.37. The molecule has 0 aliphatic heterocycles. The predicted molar refractivity (Wildman–Crippen MR) is 71.8 cm³/mol. The molecule has 1 aliphatic carbocycles. The lowest BCUT2D eigenvalue weighted by molar-refractivity contribution is 0.305. The quantitative estimate of drug-likeness (QED) is 0.782. The van der Waals surface area contributed by atoms with E-state index in [1.807, 2.05) is 24.3 Å². The number of para-hydroxylation sites is 1. The second-order valence-corrected chi connectivity index (χ2v) is 4.98. The van der Waals surface area contributed by atoms with Crippen molar-refractivity contribution in [3.05, 3.63) is 29.3 Å². The first kappa shape index (κ1) is 12.7. The van der Waals surface area contributed by atoms with Gasteiger partial charge < -0.3 is 10.1 Å². The predicted octanol–water partition coefficient (Wildman–Crippen LogP) is 3.64. The lowest BCUT2D eigenvalue weighted by atomic mass is 10.2. The Kier molecular flexibility index (Phi) is 5.14. The number of ether oxygens (including phenoxy) is 1. The van der Waals surface area contributed by atoms with Crippen LogP contribution in [0.3, 0.4) is 0 Å². The fourth-order valence-electron chi connectivity index (χ4n) is 2.25. The van der Waals surface area contributed by atoms with Crippen LogP contribution >= 0.6 is 11.6 Å². The number of nitrogens with one attached hydrogen (secondary N) is 1. The molecule has 1 aliphatic rings. The van der Waals surface area contributed by atoms with Gasteiger partial charge in [0, 0.05) is 6.04 Å². The third-order valence-corrected chi connectivity index (χ3v) is 3.52. The minimum Gasteiger partial charge on any atom is -0.492 e. The molecule has 1 saturated carbocycles. The van der Waals surface area contributed by atoms with Crippen molar-refractivity contribution in [3.63, 3.8) is 0 Å². The highest BCUT2D eigenvalue weighted by Gasteiger charge is 2.13. The summed E-state index contributed by atoms with van der Waals surface area (Å²) < 4.78 is 5.63. The van der Waals surface area contributed by atoms with Crippen LogP contribution in [0.2, 0.25) is 5.02 Å². The number of hydrogen-bond donors (Lipinski definition) is 1. The van der Waals surface area contributed by atoms with Crippen LogP contribution in [0.1, 0.15) is 32.1 Å². The average Bonchev–Trinajstić information content (AvgIpc) is 2.84. The van der Waals surface area contributed by atoms with Crippen molar-refractivity contribution >= 4 is 11.6 Å². The second-order valence-electron chi connectivity index (χ2n) is 4.57. The molecular formula is C14H20ClNO. The second kappa shape index (κ2) is 6.87. The standard InChI is InChI=1S/C14H20ClNO/c15-13-8-3-4-9-14(13)17-11-5-10-16-12-6-1-2-7-12/h3-4,8-9,12,16H,1-2,5-7,10-11H2. The van der Waals surface area contributed by atoms with Gasteiger partial charge in [0.05, 0.1) is 11.6 Å². The zero-order valence-corrected chi connectivity index (χ0v) is 10.9. The number of halogens is 1. The monoisotopic (exact) mass is 253 g/mol. The van der Waals surface area contributed by atoms with Gasteiger partial charge in [0.2, 0.25) is 0 Å². The lowest BCUT2D eigenvalue weighted by Gasteiger charge is -2.12. The molecule has 0 radical (unpaired) electrons. The first-order chi connectivity index (χ1) is 8.36. The van der Waals surface area contributed by atoms with Crippen LogP contribution in [0.25, 0.3) is 0 Å². The molecule has 1 fully saturated rings. The molecule has 1 aromatic rings. The Balaban J connectivity index is 1.58. The Hall–Kier alpha value is -0.730. The van der Waals surface area contributed by atoms with E-state index in [-0.39, 0.29) is 0 Å². The molecule has 0 bridgehead atoms. The van der Waals surface area contributed by atoms with Gasteiger partial charge in [0.25, 0.3) is 0 Å². The molecule has 0 aromatic heterocycles. The highest BCUT2D eigenvalue weighted by Crippen LogP contribution is 2.23. The van der Waals surface area contributed by atoms with Gasteiger partial charge in [-0.25, -0.2) is 0 Å². The Bertz CT molecular complexity index is 337. The molecular weight excluding hydrogens is 234 g/mol. The summed E-state index contributed by atoms with van der Waals surface area (Å²) in [5.41, 5.74) is 0. The van der Waals surface area contributed by atoms with Gasteiger partial charge in [0.15, 0.2) is 0 Å². The first-order valence-corrected chi connectivity index (χ1v) is 6.85. The Morgan fingerprint density at radius 3 is 2.76 bits per heavy atom. The zero-order chi connectivity index (χ0) is 11.9. The molecule has 1 N–H and O–H groups in total. The van der Waals surface area contributed by atoms with E-state index >= 15 is 0 Å². The minimum absolute atomic E-state index is 0.691. The largest absolute Gasteiger partial charge is 0.492 e. The van der Waals surface area contributed by atoms with Crippen LogP contribution in [0, 0.1) is 0 Å². The summed E-state index contributed by atoms with van der Waals surface area (Å²) in [5, 5.41) is 4.26. The normalized spacial score (nSPS) is 16.3. The van der Waals surface area contributed by atoms with E-state index in [9.17, 15) is 0 Å². The molecule has 0 saturated heterocycles. The van der Waals surface area contributed by atoms with E-state index in [1.54, 1.807) is 0 Å². The van der Waals surface area contributed by atoms with Crippen LogP contribution in [-0.2, 0) is 0 Å². The molecule has 2 nitrogen and oxygen atoms in total. The van der Waals surface area contributed by atoms with Gasteiger partial charge in [-0.1, -0.05) is 36.6 Å². The third-order valence-electron chi connectivity index (χ3n) is 3.20. The van der Waals surface area contributed by atoms with Crippen molar-refractivity contribution in [2.24, 2.45) is 0 Å². The summed E-state index contributed by atoms with van der Waals surface area (Å²) in [6.07, 6.45) is 6.47. The van der Waals surface area contributed by atoms with E-state index in [0.29, 0.717) is 5.02 Å². The Morgan fingerprint density at radius 2 is 2.00 bits per heavy atom. The van der Waals surface area contributed by atoms with E-state index in [0.717, 1.165) is 31.4 Å². The number of rotatable bonds is 6. The van der Waals surface area contributed by atoms with Crippen molar-refractivity contribution in [2.75, 3.05) is 13.2 Å². The smallest absolute Gasteiger partial charge is 0.137 e. The van der Waals surface area contributed by atoms with Gasteiger partial charge in [-0.15, -0.1) is 0 Å². The van der Waals surface area contributed by atoms with E-state index in [4.69, 9.17) is 16.3 Å². The molecule has 2 rings (SSSR count). The van der Waals surface area contributed by atoms with E-state index in [2.05, 4.69) is 5.32 Å². The fourth-order valence-corrected chi connectivity index (χ4v) is 2.44. The third kappa shape index (κ3) is 4.21. The SMILES string of the molecule is Clc1ccccc1OCCCNC1CCCC1. The van der Waals surface area contributed by atoms with Gasteiger partial charge in [-0.2, -0.15) is 0 Å². The van der Waals surface area contributed by atoms with Gasteiger partial charge >= 0.3 is 0 Å². The minimum atomic E-state index is 0.691. The van der Waals surface area contributed by atoms with Crippen LogP contribution < -0.4 is 10.1 Å². The summed E-state index contributed by atoms with van der Waals surface area (Å²) in [6.45, 7) is 1.76. The molecule has 0 unspecified atom stereocenters. The molecule has 1 aromatic carbocycles. The lowest BCUT2D eigenvalue weighted by Crippen LogP contribution is -2.27. The summed E-state index contributed by atoms with van der Waals surface area (Å²) in [4.78, 5) is 0. The van der Waals surface area contributed by atoms with E-state index < -0.39 is 0 Å². The Morgan fingerprint density at radius 1 is 1.24 bits per heavy atom. The Labute approximate surface area is 108 Å². The molecule has 0 atom stereocenters. The van der Waals surface area contributed by atoms with Crippen molar-refractivity contribution < 1.29 is 4.74 Å². The van der Waals surface area contributed by atoms with Crippen LogP contribution in [0.4, 0.5) is 0 Å². The molecule has 0 spiro atoms. The molecule has 0 heterocycles. The molecule has 0 amide bonds. The zero-order valence-electron chi connectivity index (χ0n) is 10.1. The summed E-state index contributed by atoms with van der Waals surface area (Å²) >= 11 is 6.00. The first-order valence-electron chi connectivity index (χ1n) is 6.47. The van der Waals surface area contributed by atoms with Crippen molar-refractivity contribution in [1.82, 2.24) is 5.32 Å². The number of hydrogen-bond acceptors (Lipinski definition) is 2. The number of benzene rings is 1. The van der Waals surface area contributed by atoms with Crippen LogP contribution in [-0.4, -0.2) is 19.2 Å². The van der Waals surface area contributed by atoms with Crippen LogP contribution in [0.5, 0.6) is 5.75 Å². The van der Waals surface area contributed by atoms with Crippen LogP contribution in [0.15, 0.2) is 24.3 Å². The molecule has 3 heteroatoms. The fraction of sp³-hybridized carbons (Fsp3) is 0.571. The van der Waals surface area contributed by atoms with Crippen molar-refractivity contribution in [2.45, 2.75) is 38.1 Å². The van der Waals surface area contributed by atoms with Crippen molar-refractivity contribution in [3.8, 4) is 5.75 Å². The highest BCUT2D eigenvalue weighted by atomic mass is 35.5. The van der Waals surface area contributed by atoms with Gasteiger partial charge in [-0.3, -0.25) is 0 Å². The van der Waals surface area contributed by atoms with Gasteiger partial charge in [0.1, 0.15) is 5.75 Å². The maximum absolute atomic E-state index is 6.00. The summed E-state index contributed by atoms with van der Waals surface area (Å²) in [5.74, 6) is 0.787. The molecule has 94 valence electrons. The van der Waals surface area contributed by atoms with E-state index in [1.165, 1.54) is 25.7 Å². The van der Waals surface area contributed by atoms with Crippen molar-refractivity contribution in [1.29, 1.82) is 0 Å².